The first kappa shape index (κ1) is 29.5. The molecule has 3 fully saturated rings. The number of nitrogens with zero attached hydrogens (tertiary/aromatic N) is 6. The van der Waals surface area contributed by atoms with Crippen molar-refractivity contribution in [3.8, 4) is 5.75 Å². The summed E-state index contributed by atoms with van der Waals surface area (Å²) in [4.78, 5) is 22.0. The largest absolute Gasteiger partial charge is 0.494 e. The van der Waals surface area contributed by atoms with E-state index >= 15 is 0 Å². The molecule has 0 amide bonds. The lowest BCUT2D eigenvalue weighted by Gasteiger charge is -2.42. The van der Waals surface area contributed by atoms with Crippen molar-refractivity contribution in [2.45, 2.75) is 37.5 Å². The summed E-state index contributed by atoms with van der Waals surface area (Å²) in [5.74, 6) is 1.66. The highest BCUT2D eigenvalue weighted by Gasteiger charge is 2.34. The van der Waals surface area contributed by atoms with E-state index in [1.54, 1.807) is 24.3 Å². The van der Waals surface area contributed by atoms with Gasteiger partial charge in [0, 0.05) is 69.6 Å². The summed E-state index contributed by atoms with van der Waals surface area (Å²) in [5.41, 5.74) is 1.71. The maximum Gasteiger partial charge on any atom is 0.416 e. The molecule has 9 nitrogen and oxygen atoms in total. The number of halogens is 3. The lowest BCUT2D eigenvalue weighted by Crippen LogP contribution is -2.52. The Hall–Kier alpha value is -3.61. The molecular formula is C31H38F3N7O2. The molecule has 0 saturated carbocycles. The topological polar surface area (TPSA) is 69.2 Å². The zero-order chi connectivity index (χ0) is 30.0. The van der Waals surface area contributed by atoms with Crippen LogP contribution in [0.4, 0.5) is 36.2 Å². The lowest BCUT2D eigenvalue weighted by atomic mass is 10.0. The summed E-state index contributed by atoms with van der Waals surface area (Å²) >= 11 is 0. The van der Waals surface area contributed by atoms with Crippen LogP contribution in [0.3, 0.4) is 0 Å². The van der Waals surface area contributed by atoms with Crippen LogP contribution in [0.2, 0.25) is 0 Å². The normalized spacial score (nSPS) is 20.9. The number of hydroxylamine groups is 1. The van der Waals surface area contributed by atoms with Gasteiger partial charge in [-0.25, -0.2) is 15.0 Å². The molecule has 12 heteroatoms. The molecule has 3 aromatic rings. The summed E-state index contributed by atoms with van der Waals surface area (Å²) in [6, 6.07) is 13.5. The van der Waals surface area contributed by atoms with Gasteiger partial charge in [-0.15, -0.1) is 0 Å². The average Bonchev–Trinajstić information content (AvgIpc) is 3.52. The number of alkyl halides is 3. The average molecular weight is 598 g/mol. The van der Waals surface area contributed by atoms with Crippen LogP contribution in [0, 0.1) is 0 Å². The zero-order valence-electron chi connectivity index (χ0n) is 24.6. The van der Waals surface area contributed by atoms with Gasteiger partial charge in [-0.05, 0) is 49.7 Å². The summed E-state index contributed by atoms with van der Waals surface area (Å²) < 4.78 is 45.7. The van der Waals surface area contributed by atoms with Crippen LogP contribution in [0.1, 0.15) is 36.4 Å². The van der Waals surface area contributed by atoms with E-state index in [0.717, 1.165) is 69.6 Å². The number of rotatable bonds is 7. The maximum absolute atomic E-state index is 13.3. The van der Waals surface area contributed by atoms with Gasteiger partial charge in [-0.2, -0.15) is 13.2 Å². The number of hydrogen-bond donors (Lipinski definition) is 1. The van der Waals surface area contributed by atoms with Crippen LogP contribution in [-0.4, -0.2) is 85.8 Å². The Balaban J connectivity index is 1.13. The van der Waals surface area contributed by atoms with Gasteiger partial charge in [0.25, 0.3) is 0 Å². The molecule has 3 aliphatic rings. The number of nitrogens with one attached hydrogen (secondary N) is 1. The smallest absolute Gasteiger partial charge is 0.416 e. The van der Waals surface area contributed by atoms with Crippen molar-refractivity contribution < 1.29 is 22.7 Å². The van der Waals surface area contributed by atoms with Gasteiger partial charge < -0.3 is 19.9 Å². The fourth-order valence-corrected chi connectivity index (χ4v) is 6.25. The Morgan fingerprint density at radius 2 is 1.72 bits per heavy atom. The van der Waals surface area contributed by atoms with Crippen LogP contribution < -0.4 is 20.0 Å². The highest BCUT2D eigenvalue weighted by molar-refractivity contribution is 5.70. The number of aromatic nitrogens is 2. The van der Waals surface area contributed by atoms with Crippen molar-refractivity contribution in [2.24, 2.45) is 0 Å². The number of ether oxygens (including phenoxy) is 1. The van der Waals surface area contributed by atoms with Crippen molar-refractivity contribution in [2.75, 3.05) is 75.3 Å². The number of hydrogen-bond acceptors (Lipinski definition) is 9. The molecule has 0 bridgehead atoms. The lowest BCUT2D eigenvalue weighted by molar-refractivity contribution is -0.137. The van der Waals surface area contributed by atoms with Crippen molar-refractivity contribution in [3.63, 3.8) is 0 Å². The molecule has 1 atom stereocenters. The van der Waals surface area contributed by atoms with Crippen molar-refractivity contribution in [1.29, 1.82) is 0 Å². The van der Waals surface area contributed by atoms with Gasteiger partial charge >= 0.3 is 6.18 Å². The molecule has 230 valence electrons. The van der Waals surface area contributed by atoms with Gasteiger partial charge in [-0.1, -0.05) is 12.1 Å². The maximum atomic E-state index is 13.3. The first-order chi connectivity index (χ1) is 20.8. The van der Waals surface area contributed by atoms with Crippen LogP contribution in [0.25, 0.3) is 0 Å². The second-order valence-corrected chi connectivity index (χ2v) is 11.4. The molecule has 1 unspecified atom stereocenters. The van der Waals surface area contributed by atoms with Crippen LogP contribution >= 0.6 is 0 Å². The number of methoxy groups -OCH3 is 1. The van der Waals surface area contributed by atoms with Gasteiger partial charge in [0.15, 0.2) is 5.82 Å². The molecular weight excluding hydrogens is 559 g/mol. The molecule has 0 spiro atoms. The molecule has 0 radical (unpaired) electrons. The molecule has 1 aromatic heterocycles. The molecule has 6 rings (SSSR count). The van der Waals surface area contributed by atoms with Gasteiger partial charge in [0.1, 0.15) is 17.9 Å². The standard InChI is InChI=1S/C31H38F3N7O2/c1-38-13-15-40(16-14-38)24-8-11-39(12-9-24)25-6-7-26(28(19-25)42-2)37-29-20-30(36-21-35-29)41-27(10-17-43-41)22-4-3-5-23(18-22)31(32,33)34/h3-7,18-21,24,27H,8-17H2,1-2H3,(H,35,36,37). The molecule has 3 saturated heterocycles. The van der Waals surface area contributed by atoms with Gasteiger partial charge in [0.2, 0.25) is 0 Å². The summed E-state index contributed by atoms with van der Waals surface area (Å²) in [7, 11) is 3.84. The predicted octanol–water partition coefficient (Wildman–Crippen LogP) is 5.35. The van der Waals surface area contributed by atoms with E-state index in [2.05, 4.69) is 43.1 Å². The summed E-state index contributed by atoms with van der Waals surface area (Å²) in [6.07, 6.45) is -0.169. The van der Waals surface area contributed by atoms with E-state index in [0.29, 0.717) is 42.0 Å². The highest BCUT2D eigenvalue weighted by Crippen LogP contribution is 2.38. The SMILES string of the molecule is COc1cc(N2CCC(N3CCN(C)CC3)CC2)ccc1Nc1cc(N2OCCC2c2cccc(C(F)(F)F)c2)ncn1. The molecule has 1 N–H and O–H groups in total. The number of piperidine rings is 1. The minimum atomic E-state index is -4.41. The van der Waals surface area contributed by atoms with Gasteiger partial charge in [0.05, 0.1) is 31.0 Å². The van der Waals surface area contributed by atoms with Crippen molar-refractivity contribution in [3.05, 3.63) is 66.0 Å². The number of likely N-dealkylation sites (N-methyl/N-ethyl adjacent to an activating group) is 1. The quantitative estimate of drug-likeness (QED) is 0.388. The van der Waals surface area contributed by atoms with Crippen LogP contribution in [-0.2, 0) is 11.0 Å². The number of anilines is 4. The Bertz CT molecular complexity index is 1390. The first-order valence-corrected chi connectivity index (χ1v) is 14.8. The Morgan fingerprint density at radius 1 is 0.930 bits per heavy atom. The van der Waals surface area contributed by atoms with Crippen molar-refractivity contribution >= 4 is 23.0 Å². The number of piperazine rings is 1. The first-order valence-electron chi connectivity index (χ1n) is 14.8. The molecule has 4 heterocycles. The third-order valence-corrected chi connectivity index (χ3v) is 8.71. The van der Waals surface area contributed by atoms with E-state index in [9.17, 15) is 13.2 Å². The van der Waals surface area contributed by atoms with Crippen LogP contribution in [0.5, 0.6) is 5.75 Å². The summed E-state index contributed by atoms with van der Waals surface area (Å²) in [6.45, 7) is 6.96. The fraction of sp³-hybridized carbons (Fsp3) is 0.484. The molecule has 0 aliphatic carbocycles. The fourth-order valence-electron chi connectivity index (χ4n) is 6.25. The second-order valence-electron chi connectivity index (χ2n) is 11.4. The van der Waals surface area contributed by atoms with E-state index in [1.165, 1.54) is 18.5 Å². The molecule has 3 aliphatic heterocycles. The third-order valence-electron chi connectivity index (χ3n) is 8.71. The number of benzene rings is 2. The van der Waals surface area contributed by atoms with E-state index in [1.807, 2.05) is 12.1 Å². The Morgan fingerprint density at radius 3 is 2.47 bits per heavy atom. The highest BCUT2D eigenvalue weighted by atomic mass is 19.4. The third kappa shape index (κ3) is 6.66. The van der Waals surface area contributed by atoms with E-state index in [-0.39, 0.29) is 0 Å². The Labute approximate surface area is 250 Å². The van der Waals surface area contributed by atoms with Crippen LogP contribution in [0.15, 0.2) is 54.9 Å². The minimum Gasteiger partial charge on any atom is -0.494 e. The van der Waals surface area contributed by atoms with Gasteiger partial charge in [-0.3, -0.25) is 9.74 Å². The minimum absolute atomic E-state index is 0.371. The van der Waals surface area contributed by atoms with E-state index < -0.39 is 17.8 Å². The Kier molecular flexibility index (Phi) is 8.60. The summed E-state index contributed by atoms with van der Waals surface area (Å²) in [5, 5.41) is 4.88. The predicted molar refractivity (Wildman–Crippen MR) is 160 cm³/mol. The second kappa shape index (κ2) is 12.6. The van der Waals surface area contributed by atoms with E-state index in [4.69, 9.17) is 9.57 Å². The van der Waals surface area contributed by atoms with Crippen molar-refractivity contribution in [1.82, 2.24) is 19.8 Å². The molecule has 43 heavy (non-hydrogen) atoms. The monoisotopic (exact) mass is 597 g/mol. The molecule has 2 aromatic carbocycles. The zero-order valence-corrected chi connectivity index (χ0v) is 24.6.